The van der Waals surface area contributed by atoms with E-state index < -0.39 is 67.3 Å². The summed E-state index contributed by atoms with van der Waals surface area (Å²) in [6.45, 7) is 4.46. The minimum absolute atomic E-state index is 0.0292. The maximum Gasteiger partial charge on any atom is 0.222 e. The number of nitrogens with zero attached hydrogens (tertiary/aromatic N) is 2. The molecule has 7 heterocycles. The van der Waals surface area contributed by atoms with E-state index in [1.807, 2.05) is 13.0 Å². The van der Waals surface area contributed by atoms with Crippen molar-refractivity contribution in [3.05, 3.63) is 81.5 Å². The Morgan fingerprint density at radius 1 is 1.17 bits per heavy atom. The van der Waals surface area contributed by atoms with Crippen molar-refractivity contribution in [2.75, 3.05) is 32.8 Å². The van der Waals surface area contributed by atoms with Gasteiger partial charge in [-0.2, -0.15) is 0 Å². The molecule has 8 N–H and O–H groups in total. The number of quaternary nitrogens is 2. The number of ether oxygens (including phenoxy) is 1. The van der Waals surface area contributed by atoms with Crippen LogP contribution in [0.15, 0.2) is 79.1 Å². The second-order valence-corrected chi connectivity index (χ2v) is 16.3. The number of aliphatic hydroxyl groups is 5. The van der Waals surface area contributed by atoms with E-state index in [9.17, 15) is 40.2 Å². The third kappa shape index (κ3) is 7.03. The molecule has 1 aromatic carbocycles. The highest BCUT2D eigenvalue weighted by molar-refractivity contribution is 6.08. The van der Waals surface area contributed by atoms with Crippen LogP contribution >= 0.6 is 0 Å². The molecule has 8 rings (SSSR count). The molecule has 310 valence electrons. The number of rotatable bonds is 15. The first-order valence-electron chi connectivity index (χ1n) is 19.8. The molecule has 2 aromatic rings. The number of aryl methyl sites for hydroxylation is 1. The Bertz CT molecular complexity index is 2250. The SMILES string of the molecule is CCC1=C2C=CN=C2C[NH+]1c1c2c(cc3c(=O)cc(C)oc13)CC(OOCC(O)C(O)(C[NH+]1C([O-])=CC3=NC=CC31)C(O)C(O)CO)C(C)(CCC1CNC(=O)C1)O2. The van der Waals surface area contributed by atoms with Crippen LogP contribution in [0.3, 0.4) is 0 Å². The van der Waals surface area contributed by atoms with Crippen molar-refractivity contribution >= 4 is 34.0 Å². The van der Waals surface area contributed by atoms with E-state index in [0.29, 0.717) is 78.2 Å². The Morgan fingerprint density at radius 3 is 2.72 bits per heavy atom. The average molecular weight is 805 g/mol. The monoisotopic (exact) mass is 804 g/mol. The molecule has 1 amide bonds. The van der Waals surface area contributed by atoms with Crippen molar-refractivity contribution in [2.24, 2.45) is 15.9 Å². The number of nitrogens with one attached hydrogen (secondary N) is 3. The zero-order chi connectivity index (χ0) is 41.1. The van der Waals surface area contributed by atoms with E-state index in [-0.39, 0.29) is 28.6 Å². The van der Waals surface area contributed by atoms with Gasteiger partial charge in [0, 0.05) is 55.9 Å². The second-order valence-electron chi connectivity index (χ2n) is 16.3. The summed E-state index contributed by atoms with van der Waals surface area (Å²) in [6, 6.07) is 2.61. The molecule has 0 bridgehead atoms. The molecule has 10 unspecified atom stereocenters. The average Bonchev–Trinajstić information content (AvgIpc) is 4.03. The van der Waals surface area contributed by atoms with Crippen LogP contribution in [0.5, 0.6) is 5.75 Å². The molecule has 0 aliphatic carbocycles. The van der Waals surface area contributed by atoms with Crippen LogP contribution in [0.4, 0.5) is 5.69 Å². The number of hydrogen-bond acceptors (Lipinski definition) is 14. The smallest absolute Gasteiger partial charge is 0.222 e. The third-order valence-corrected chi connectivity index (χ3v) is 12.5. The number of hydrogen-bond donors (Lipinski definition) is 8. The Morgan fingerprint density at radius 2 is 1.98 bits per heavy atom. The second kappa shape index (κ2) is 15.6. The molecular weight excluding hydrogens is 754 g/mol. The fourth-order valence-corrected chi connectivity index (χ4v) is 9.15. The fraction of sp³-hybridized carbons (Fsp3) is 0.512. The number of fused-ring (bicyclic) bond motifs is 4. The van der Waals surface area contributed by atoms with Gasteiger partial charge in [0.15, 0.2) is 22.8 Å². The highest BCUT2D eigenvalue weighted by atomic mass is 17.2. The number of aliphatic imine (C=N–C) groups is 2. The van der Waals surface area contributed by atoms with Crippen molar-refractivity contribution in [3.63, 3.8) is 0 Å². The summed E-state index contributed by atoms with van der Waals surface area (Å²) in [6.07, 6.45) is 3.71. The number of amides is 1. The first-order valence-corrected chi connectivity index (χ1v) is 19.8. The Hall–Kier alpha value is -4.56. The standard InChI is InChI=1S/C41H49N5O12/c1-4-28-24-6-9-43-27(24)17-45(28)36-37-23(13-25-30(48)11-21(2)56-38(25)36)14-33(40(3,57-37)8-5-22-12-34(51)44-16-22)58-55-19-32(50)41(54,39(53)31(49)18-47)20-46-29-7-10-42-26(29)15-35(46)52/h6-7,9-11,13,15,22,29,31-33,39,47,49-50,52-54H,4-5,8,12,14,16-20H2,1-3H3,(H,44,51)/p+1. The number of allylic oxidation sites excluding steroid dienone is 2. The largest absolute Gasteiger partial charge is 0.831 e. The summed E-state index contributed by atoms with van der Waals surface area (Å²) in [7, 11) is 0. The lowest BCUT2D eigenvalue weighted by Gasteiger charge is -2.43. The minimum atomic E-state index is -2.57. The quantitative estimate of drug-likeness (QED) is 0.0685. The van der Waals surface area contributed by atoms with Crippen LogP contribution in [0.1, 0.15) is 50.9 Å². The molecule has 6 aliphatic rings. The van der Waals surface area contributed by atoms with E-state index in [2.05, 4.69) is 22.2 Å². The van der Waals surface area contributed by atoms with Gasteiger partial charge in [-0.15, -0.1) is 0 Å². The van der Waals surface area contributed by atoms with Crippen LogP contribution < -0.4 is 30.4 Å². The number of benzene rings is 1. The van der Waals surface area contributed by atoms with Gasteiger partial charge in [-0.05, 0) is 50.8 Å². The van der Waals surface area contributed by atoms with Gasteiger partial charge in [0.25, 0.3) is 0 Å². The van der Waals surface area contributed by atoms with Gasteiger partial charge in [0.2, 0.25) is 17.2 Å². The maximum absolute atomic E-state index is 13.6. The van der Waals surface area contributed by atoms with E-state index >= 15 is 0 Å². The fourth-order valence-electron chi connectivity index (χ4n) is 9.15. The lowest BCUT2D eigenvalue weighted by molar-refractivity contribution is -0.920. The Kier molecular flexibility index (Phi) is 10.8. The molecule has 17 heteroatoms. The van der Waals surface area contributed by atoms with Crippen LogP contribution in [0, 0.1) is 12.8 Å². The molecule has 17 nitrogen and oxygen atoms in total. The summed E-state index contributed by atoms with van der Waals surface area (Å²) in [4.78, 5) is 47.3. The summed E-state index contributed by atoms with van der Waals surface area (Å²) in [5, 5.41) is 70.6. The molecular formula is C41H50N5O12+. The predicted molar refractivity (Wildman–Crippen MR) is 205 cm³/mol. The molecule has 58 heavy (non-hydrogen) atoms. The van der Waals surface area contributed by atoms with Gasteiger partial charge in [0.1, 0.15) is 72.6 Å². The van der Waals surface area contributed by atoms with Gasteiger partial charge in [-0.1, -0.05) is 6.92 Å². The van der Waals surface area contributed by atoms with Crippen molar-refractivity contribution in [1.29, 1.82) is 0 Å². The van der Waals surface area contributed by atoms with E-state index in [0.717, 1.165) is 21.9 Å². The van der Waals surface area contributed by atoms with Gasteiger partial charge >= 0.3 is 0 Å². The lowest BCUT2D eigenvalue weighted by Crippen LogP contribution is -3.17. The van der Waals surface area contributed by atoms with Gasteiger partial charge in [-0.3, -0.25) is 24.5 Å². The zero-order valence-corrected chi connectivity index (χ0v) is 32.6. The molecule has 10 atom stereocenters. The summed E-state index contributed by atoms with van der Waals surface area (Å²) in [5.41, 5.74) is 1.32. The van der Waals surface area contributed by atoms with Crippen LogP contribution in [0.2, 0.25) is 0 Å². The predicted octanol–water partition coefficient (Wildman–Crippen LogP) is -2.57. The molecule has 0 saturated carbocycles. The lowest BCUT2D eigenvalue weighted by atomic mass is 9.83. The van der Waals surface area contributed by atoms with Crippen molar-refractivity contribution in [1.82, 2.24) is 5.32 Å². The van der Waals surface area contributed by atoms with Gasteiger partial charge in [0.05, 0.1) is 23.4 Å². The third-order valence-electron chi connectivity index (χ3n) is 12.5. The molecule has 0 radical (unpaired) electrons. The zero-order valence-electron chi connectivity index (χ0n) is 32.6. The first kappa shape index (κ1) is 40.2. The summed E-state index contributed by atoms with van der Waals surface area (Å²) >= 11 is 0. The number of aliphatic hydroxyl groups excluding tert-OH is 4. The normalized spacial score (nSPS) is 29.7. The van der Waals surface area contributed by atoms with Gasteiger partial charge < -0.3 is 50.0 Å². The number of carbonyl (C=O) groups is 1. The maximum atomic E-state index is 13.6. The van der Waals surface area contributed by atoms with Crippen molar-refractivity contribution in [2.45, 2.75) is 94.5 Å². The van der Waals surface area contributed by atoms with Crippen molar-refractivity contribution in [3.8, 4) is 5.75 Å². The summed E-state index contributed by atoms with van der Waals surface area (Å²) in [5.74, 6) is 0.547. The Labute approximate surface area is 333 Å². The van der Waals surface area contributed by atoms with Crippen LogP contribution in [0.25, 0.3) is 11.0 Å². The highest BCUT2D eigenvalue weighted by Crippen LogP contribution is 2.45. The summed E-state index contributed by atoms with van der Waals surface area (Å²) < 4.78 is 13.4. The Balaban J connectivity index is 1.11. The van der Waals surface area contributed by atoms with Crippen molar-refractivity contribution < 1.29 is 64.2 Å². The minimum Gasteiger partial charge on any atom is -0.831 e. The van der Waals surface area contributed by atoms with Crippen LogP contribution in [-0.4, -0.2) is 117 Å². The molecule has 1 saturated heterocycles. The molecule has 1 aromatic heterocycles. The van der Waals surface area contributed by atoms with E-state index in [4.69, 9.17) is 18.9 Å². The molecule has 6 aliphatic heterocycles. The van der Waals surface area contributed by atoms with Gasteiger partial charge in [-0.25, -0.2) is 9.78 Å². The number of carbonyl (C=O) groups excluding carboxylic acids is 1. The molecule has 0 spiro atoms. The topological polar surface area (TPSA) is 245 Å². The first-order chi connectivity index (χ1) is 27.7. The highest BCUT2D eigenvalue weighted by Gasteiger charge is 2.53. The molecule has 1 fully saturated rings. The van der Waals surface area contributed by atoms with E-state index in [1.54, 1.807) is 25.3 Å². The van der Waals surface area contributed by atoms with Crippen LogP contribution in [-0.2, 0) is 21.0 Å². The van der Waals surface area contributed by atoms with E-state index in [1.165, 1.54) is 18.3 Å².